The van der Waals surface area contributed by atoms with E-state index in [1.807, 2.05) is 13.8 Å². The molecule has 1 aliphatic rings. The molecular formula is C22H26F2N6O2S. The number of aliphatic hydroxyl groups is 1. The van der Waals surface area contributed by atoms with Crippen LogP contribution < -0.4 is 10.6 Å². The number of nitrogens with zero attached hydrogens (tertiary/aromatic N) is 3. The average molecular weight is 477 g/mol. The Hall–Kier alpha value is -3.05. The van der Waals surface area contributed by atoms with Gasteiger partial charge in [-0.25, -0.2) is 18.3 Å². The fraction of sp³-hybridized carbons (Fsp3) is 0.364. The predicted molar refractivity (Wildman–Crippen MR) is 126 cm³/mol. The summed E-state index contributed by atoms with van der Waals surface area (Å²) in [6, 6.07) is 3.78. The van der Waals surface area contributed by atoms with Gasteiger partial charge in [0.1, 0.15) is 17.0 Å². The minimum Gasteiger partial charge on any atom is -0.393 e. The number of nitrogens with one attached hydrogen (secondary N) is 3. The van der Waals surface area contributed by atoms with E-state index in [1.54, 1.807) is 7.05 Å². The Bertz CT molecular complexity index is 1170. The fourth-order valence-electron chi connectivity index (χ4n) is 3.73. The number of hydrogen-bond acceptors (Lipinski definition) is 7. The van der Waals surface area contributed by atoms with E-state index in [9.17, 15) is 18.2 Å². The van der Waals surface area contributed by atoms with Crippen molar-refractivity contribution in [1.82, 2.24) is 19.3 Å². The third kappa shape index (κ3) is 5.14. The van der Waals surface area contributed by atoms with Gasteiger partial charge in [0.05, 0.1) is 23.6 Å². The normalized spacial score (nSPS) is 17.4. The average Bonchev–Trinajstić information content (AvgIpc) is 3.42. The Labute approximate surface area is 194 Å². The Kier molecular flexibility index (Phi) is 7.98. The van der Waals surface area contributed by atoms with Crippen LogP contribution >= 0.6 is 12.3 Å². The van der Waals surface area contributed by atoms with Crippen LogP contribution in [-0.4, -0.2) is 49.9 Å². The second kappa shape index (κ2) is 10.7. The lowest BCUT2D eigenvalue weighted by Gasteiger charge is -2.12. The van der Waals surface area contributed by atoms with E-state index in [4.69, 9.17) is 5.41 Å². The van der Waals surface area contributed by atoms with E-state index in [1.165, 1.54) is 30.6 Å². The number of anilines is 1. The topological polar surface area (TPSA) is 116 Å². The summed E-state index contributed by atoms with van der Waals surface area (Å²) in [7, 11) is 1.61. The lowest BCUT2D eigenvalue weighted by atomic mass is 10.1. The second-order valence-electron chi connectivity index (χ2n) is 7.32. The van der Waals surface area contributed by atoms with Gasteiger partial charge in [-0.3, -0.25) is 10.2 Å². The molecule has 3 aromatic rings. The van der Waals surface area contributed by atoms with Crippen molar-refractivity contribution < 1.29 is 18.2 Å². The summed E-state index contributed by atoms with van der Waals surface area (Å²) in [6.07, 6.45) is 3.90. The van der Waals surface area contributed by atoms with E-state index >= 15 is 0 Å². The number of benzene rings is 1. The van der Waals surface area contributed by atoms with Gasteiger partial charge < -0.3 is 15.7 Å². The van der Waals surface area contributed by atoms with Crippen molar-refractivity contribution in [2.75, 3.05) is 12.4 Å². The van der Waals surface area contributed by atoms with Gasteiger partial charge in [-0.1, -0.05) is 13.8 Å². The number of fused-ring (bicyclic) bond motifs is 1. The monoisotopic (exact) mass is 476 g/mol. The third-order valence-corrected chi connectivity index (χ3v) is 5.73. The molecule has 8 nitrogen and oxygen atoms in total. The molecule has 1 aliphatic carbocycles. The molecule has 0 bridgehead atoms. The molecule has 1 amide bonds. The van der Waals surface area contributed by atoms with Gasteiger partial charge in [-0.15, -0.1) is 3.89 Å². The highest BCUT2D eigenvalue weighted by atomic mass is 32.2. The molecule has 0 saturated heterocycles. The zero-order chi connectivity index (χ0) is 24.1. The fourth-order valence-corrected chi connectivity index (χ4v) is 4.08. The van der Waals surface area contributed by atoms with Crippen LogP contribution in [0.4, 0.5) is 14.0 Å². The zero-order valence-electron chi connectivity index (χ0n) is 18.5. The summed E-state index contributed by atoms with van der Waals surface area (Å²) in [5, 5.41) is 23.9. The van der Waals surface area contributed by atoms with E-state index in [0.29, 0.717) is 30.5 Å². The molecule has 0 aliphatic heterocycles. The number of rotatable bonds is 6. The molecule has 1 aromatic carbocycles. The second-order valence-corrected chi connectivity index (χ2v) is 7.85. The molecule has 2 atom stereocenters. The molecule has 2 aromatic heterocycles. The Morgan fingerprint density at radius 1 is 1.30 bits per heavy atom. The molecule has 0 spiro atoms. The van der Waals surface area contributed by atoms with Crippen LogP contribution in [0, 0.1) is 11.2 Å². The number of aromatic nitrogens is 3. The smallest absolute Gasteiger partial charge is 0.255 e. The summed E-state index contributed by atoms with van der Waals surface area (Å²) in [5.41, 5.74) is 1.36. The first-order valence-electron chi connectivity index (χ1n) is 10.6. The van der Waals surface area contributed by atoms with Crippen LogP contribution in [0.25, 0.3) is 11.2 Å². The highest BCUT2D eigenvalue weighted by molar-refractivity contribution is 7.92. The maximum atomic E-state index is 13.5. The van der Waals surface area contributed by atoms with Crippen LogP contribution in [0.15, 0.2) is 30.6 Å². The standard InChI is InChI=1S/C20H20F2N6O2S.C2H6/c1-24-15-6-10(21)2-5-13(15)17(23)16-8-25-19-18(27-16)14(9-28(19)31-22)20(30)26-11-3-4-12(29)7-11;1-2/h2,5-6,8-9,11-12,23-24,29H,3-4,7H2,1H3,(H,26,30);1-2H3. The molecule has 176 valence electrons. The molecule has 1 fully saturated rings. The molecule has 1 saturated carbocycles. The summed E-state index contributed by atoms with van der Waals surface area (Å²) in [6.45, 7) is 4.00. The van der Waals surface area contributed by atoms with E-state index in [0.717, 1.165) is 3.97 Å². The van der Waals surface area contributed by atoms with Gasteiger partial charge in [-0.2, -0.15) is 0 Å². The van der Waals surface area contributed by atoms with E-state index in [-0.39, 0.29) is 46.5 Å². The van der Waals surface area contributed by atoms with Gasteiger partial charge in [0.15, 0.2) is 18.0 Å². The van der Waals surface area contributed by atoms with Crippen molar-refractivity contribution >= 4 is 40.8 Å². The molecule has 33 heavy (non-hydrogen) atoms. The van der Waals surface area contributed by atoms with Crippen LogP contribution in [-0.2, 0) is 0 Å². The SMILES string of the molecule is CC.CNc1cc(F)ccc1C(=N)c1cnc2c(n1)c(C(=O)NC1CCC(O)C1)cn2SF. The van der Waals surface area contributed by atoms with Crippen molar-refractivity contribution in [2.24, 2.45) is 0 Å². The highest BCUT2D eigenvalue weighted by Gasteiger charge is 2.27. The number of carbonyl (C=O) groups excluding carboxylic acids is 1. The van der Waals surface area contributed by atoms with Crippen molar-refractivity contribution in [2.45, 2.75) is 45.3 Å². The van der Waals surface area contributed by atoms with Gasteiger partial charge in [0.25, 0.3) is 5.91 Å². The first-order valence-corrected chi connectivity index (χ1v) is 11.3. The summed E-state index contributed by atoms with van der Waals surface area (Å²) < 4.78 is 28.0. The predicted octanol–water partition coefficient (Wildman–Crippen LogP) is 4.08. The minimum absolute atomic E-state index is 0.0234. The molecule has 4 N–H and O–H groups in total. The first-order chi connectivity index (χ1) is 15.9. The Balaban J connectivity index is 0.00000149. The van der Waals surface area contributed by atoms with Crippen LogP contribution in [0.1, 0.15) is 54.7 Å². The quantitative estimate of drug-likeness (QED) is 0.399. The van der Waals surface area contributed by atoms with E-state index in [2.05, 4.69) is 20.6 Å². The molecular weight excluding hydrogens is 450 g/mol. The highest BCUT2D eigenvalue weighted by Crippen LogP contribution is 2.26. The first kappa shape index (κ1) is 24.6. The number of amides is 1. The van der Waals surface area contributed by atoms with Gasteiger partial charge in [0, 0.05) is 30.5 Å². The molecule has 2 heterocycles. The largest absolute Gasteiger partial charge is 0.393 e. The maximum absolute atomic E-state index is 13.5. The summed E-state index contributed by atoms with van der Waals surface area (Å²) in [5.74, 6) is -0.900. The van der Waals surface area contributed by atoms with E-state index < -0.39 is 17.8 Å². The maximum Gasteiger partial charge on any atom is 0.255 e. The van der Waals surface area contributed by atoms with Crippen LogP contribution in [0.2, 0.25) is 0 Å². The van der Waals surface area contributed by atoms with Crippen molar-refractivity contribution in [3.8, 4) is 0 Å². The Morgan fingerprint density at radius 3 is 2.70 bits per heavy atom. The number of hydrogen-bond donors (Lipinski definition) is 4. The third-order valence-electron chi connectivity index (χ3n) is 5.30. The lowest BCUT2D eigenvalue weighted by molar-refractivity contribution is 0.0935. The summed E-state index contributed by atoms with van der Waals surface area (Å²) in [4.78, 5) is 21.4. The lowest BCUT2D eigenvalue weighted by Crippen LogP contribution is -2.33. The number of aliphatic hydroxyl groups excluding tert-OH is 1. The molecule has 11 heteroatoms. The summed E-state index contributed by atoms with van der Waals surface area (Å²) >= 11 is -0.113. The molecule has 2 unspecified atom stereocenters. The molecule has 4 rings (SSSR count). The van der Waals surface area contributed by atoms with Crippen molar-refractivity contribution in [1.29, 1.82) is 5.41 Å². The van der Waals surface area contributed by atoms with Crippen LogP contribution in [0.5, 0.6) is 0 Å². The van der Waals surface area contributed by atoms with Gasteiger partial charge >= 0.3 is 0 Å². The number of halogens is 2. The van der Waals surface area contributed by atoms with Gasteiger partial charge in [0.2, 0.25) is 0 Å². The Morgan fingerprint density at radius 2 is 2.06 bits per heavy atom. The molecule has 0 radical (unpaired) electrons. The van der Waals surface area contributed by atoms with Crippen molar-refractivity contribution in [3.63, 3.8) is 0 Å². The van der Waals surface area contributed by atoms with Gasteiger partial charge in [-0.05, 0) is 37.5 Å². The zero-order valence-corrected chi connectivity index (χ0v) is 19.3. The van der Waals surface area contributed by atoms with Crippen LogP contribution in [0.3, 0.4) is 0 Å². The van der Waals surface area contributed by atoms with Crippen molar-refractivity contribution in [3.05, 3.63) is 53.2 Å². The number of carbonyl (C=O) groups is 1. The minimum atomic E-state index is -0.451.